The largest absolute Gasteiger partial charge is 0.478 e. The van der Waals surface area contributed by atoms with Crippen molar-refractivity contribution >= 4 is 11.8 Å². The van der Waals surface area contributed by atoms with Crippen molar-refractivity contribution in [3.8, 4) is 0 Å². The van der Waals surface area contributed by atoms with E-state index in [1.54, 1.807) is 24.1 Å². The summed E-state index contributed by atoms with van der Waals surface area (Å²) in [5.74, 6) is -1.14. The van der Waals surface area contributed by atoms with Gasteiger partial charge < -0.3 is 10.0 Å². The van der Waals surface area contributed by atoms with Crippen molar-refractivity contribution in [3.05, 3.63) is 53.2 Å². The standard InChI is InChI=1S/C15H16FN3O2/c1-3-12-13(16)14(18-9-17-12)19(2)8-10-4-6-11(7-5-10)15(20)21/h4-7,9H,3,8H2,1-2H3,(H,20,21). The number of hydrogen-bond acceptors (Lipinski definition) is 4. The minimum Gasteiger partial charge on any atom is -0.478 e. The molecule has 1 N–H and O–H groups in total. The van der Waals surface area contributed by atoms with Gasteiger partial charge in [0.1, 0.15) is 6.33 Å². The van der Waals surface area contributed by atoms with Gasteiger partial charge in [0.2, 0.25) is 0 Å². The van der Waals surface area contributed by atoms with Crippen LogP contribution in [0.5, 0.6) is 0 Å². The molecule has 5 nitrogen and oxygen atoms in total. The molecule has 1 heterocycles. The molecule has 1 aromatic heterocycles. The highest BCUT2D eigenvalue weighted by atomic mass is 19.1. The topological polar surface area (TPSA) is 66.3 Å². The Kier molecular flexibility index (Phi) is 4.47. The van der Waals surface area contributed by atoms with E-state index in [-0.39, 0.29) is 11.4 Å². The van der Waals surface area contributed by atoms with Gasteiger partial charge in [-0.2, -0.15) is 0 Å². The average molecular weight is 289 g/mol. The van der Waals surface area contributed by atoms with Crippen molar-refractivity contribution in [2.45, 2.75) is 19.9 Å². The Hall–Kier alpha value is -2.50. The molecule has 0 fully saturated rings. The van der Waals surface area contributed by atoms with E-state index in [0.29, 0.717) is 18.7 Å². The van der Waals surface area contributed by atoms with Gasteiger partial charge in [-0.3, -0.25) is 0 Å². The molecule has 0 aliphatic heterocycles. The van der Waals surface area contributed by atoms with Crippen molar-refractivity contribution < 1.29 is 14.3 Å². The van der Waals surface area contributed by atoms with Crippen LogP contribution in [0.1, 0.15) is 28.5 Å². The monoisotopic (exact) mass is 289 g/mol. The first-order valence-corrected chi connectivity index (χ1v) is 6.55. The molecule has 0 radical (unpaired) electrons. The van der Waals surface area contributed by atoms with Crippen LogP contribution in [0.3, 0.4) is 0 Å². The number of carbonyl (C=O) groups is 1. The summed E-state index contributed by atoms with van der Waals surface area (Å²) in [6.45, 7) is 2.26. The van der Waals surface area contributed by atoms with E-state index in [4.69, 9.17) is 5.11 Å². The number of nitrogens with zero attached hydrogens (tertiary/aromatic N) is 3. The van der Waals surface area contributed by atoms with Crippen LogP contribution in [0.2, 0.25) is 0 Å². The number of carboxylic acid groups (broad SMARTS) is 1. The van der Waals surface area contributed by atoms with E-state index in [1.165, 1.54) is 18.5 Å². The fourth-order valence-corrected chi connectivity index (χ4v) is 2.01. The molecular formula is C15H16FN3O2. The Morgan fingerprint density at radius 2 is 1.95 bits per heavy atom. The highest BCUT2D eigenvalue weighted by Crippen LogP contribution is 2.19. The Balaban J connectivity index is 2.18. The molecule has 0 aliphatic carbocycles. The van der Waals surface area contributed by atoms with Gasteiger partial charge in [0.25, 0.3) is 0 Å². The minimum atomic E-state index is -0.968. The zero-order chi connectivity index (χ0) is 15.4. The molecule has 0 saturated heterocycles. The third-order valence-electron chi connectivity index (χ3n) is 3.16. The maximum atomic E-state index is 14.2. The van der Waals surface area contributed by atoms with E-state index in [2.05, 4.69) is 9.97 Å². The van der Waals surface area contributed by atoms with Crippen molar-refractivity contribution in [1.82, 2.24) is 9.97 Å². The molecular weight excluding hydrogens is 273 g/mol. The number of halogens is 1. The van der Waals surface area contributed by atoms with Crippen LogP contribution in [0.25, 0.3) is 0 Å². The van der Waals surface area contributed by atoms with E-state index >= 15 is 0 Å². The second-order valence-corrected chi connectivity index (χ2v) is 4.67. The molecule has 6 heteroatoms. The molecule has 0 amide bonds. The SMILES string of the molecule is CCc1ncnc(N(C)Cc2ccc(C(=O)O)cc2)c1F. The Morgan fingerprint density at radius 1 is 1.29 bits per heavy atom. The van der Waals surface area contributed by atoms with Crippen LogP contribution in [0.4, 0.5) is 10.2 Å². The number of benzene rings is 1. The molecule has 1 aromatic carbocycles. The van der Waals surface area contributed by atoms with Crippen LogP contribution in [0, 0.1) is 5.82 Å². The molecule has 0 aliphatic rings. The fraction of sp³-hybridized carbons (Fsp3) is 0.267. The Labute approximate surface area is 122 Å². The smallest absolute Gasteiger partial charge is 0.335 e. The molecule has 110 valence electrons. The Morgan fingerprint density at radius 3 is 2.52 bits per heavy atom. The summed E-state index contributed by atoms with van der Waals surface area (Å²) >= 11 is 0. The van der Waals surface area contributed by atoms with Gasteiger partial charge in [-0.25, -0.2) is 19.2 Å². The molecule has 0 unspecified atom stereocenters. The molecule has 2 aromatic rings. The first kappa shape index (κ1) is 14.9. The number of anilines is 1. The summed E-state index contributed by atoms with van der Waals surface area (Å²) < 4.78 is 14.2. The average Bonchev–Trinajstić information content (AvgIpc) is 2.48. The van der Waals surface area contributed by atoms with Gasteiger partial charge >= 0.3 is 5.97 Å². The van der Waals surface area contributed by atoms with Gasteiger partial charge in [-0.05, 0) is 24.1 Å². The highest BCUT2D eigenvalue weighted by molar-refractivity contribution is 5.87. The van der Waals surface area contributed by atoms with Crippen LogP contribution in [-0.2, 0) is 13.0 Å². The van der Waals surface area contributed by atoms with Gasteiger partial charge in [0.15, 0.2) is 11.6 Å². The maximum Gasteiger partial charge on any atom is 0.335 e. The normalized spacial score (nSPS) is 10.4. The summed E-state index contributed by atoms with van der Waals surface area (Å²) in [5.41, 5.74) is 1.48. The van der Waals surface area contributed by atoms with E-state index in [9.17, 15) is 9.18 Å². The van der Waals surface area contributed by atoms with Crippen LogP contribution in [0.15, 0.2) is 30.6 Å². The molecule has 0 saturated carbocycles. The summed E-state index contributed by atoms with van der Waals surface area (Å²) in [5, 5.41) is 8.85. The summed E-state index contributed by atoms with van der Waals surface area (Å²) in [6, 6.07) is 6.47. The van der Waals surface area contributed by atoms with Crippen molar-refractivity contribution in [3.63, 3.8) is 0 Å². The number of aromatic nitrogens is 2. The quantitative estimate of drug-likeness (QED) is 0.916. The summed E-state index contributed by atoms with van der Waals surface area (Å²) in [4.78, 5) is 20.3. The van der Waals surface area contributed by atoms with Crippen molar-refractivity contribution in [1.29, 1.82) is 0 Å². The molecule has 21 heavy (non-hydrogen) atoms. The molecule has 0 bridgehead atoms. The zero-order valence-electron chi connectivity index (χ0n) is 11.9. The van der Waals surface area contributed by atoms with Gasteiger partial charge in [-0.1, -0.05) is 19.1 Å². The van der Waals surface area contributed by atoms with Crippen LogP contribution >= 0.6 is 0 Å². The van der Waals surface area contributed by atoms with E-state index in [1.807, 2.05) is 6.92 Å². The second-order valence-electron chi connectivity index (χ2n) is 4.67. The van der Waals surface area contributed by atoms with Crippen molar-refractivity contribution in [2.75, 3.05) is 11.9 Å². The predicted octanol–water partition coefficient (Wildman–Crippen LogP) is 2.51. The third-order valence-corrected chi connectivity index (χ3v) is 3.16. The maximum absolute atomic E-state index is 14.2. The zero-order valence-corrected chi connectivity index (χ0v) is 11.9. The predicted molar refractivity (Wildman–Crippen MR) is 76.9 cm³/mol. The summed E-state index contributed by atoms with van der Waals surface area (Å²) in [7, 11) is 1.73. The Bertz CT molecular complexity index is 644. The first-order chi connectivity index (χ1) is 10.0. The molecule has 0 spiro atoms. The first-order valence-electron chi connectivity index (χ1n) is 6.55. The lowest BCUT2D eigenvalue weighted by Crippen LogP contribution is -2.20. The lowest BCUT2D eigenvalue weighted by Gasteiger charge is -2.19. The number of hydrogen-bond donors (Lipinski definition) is 1. The highest BCUT2D eigenvalue weighted by Gasteiger charge is 2.14. The van der Waals surface area contributed by atoms with Gasteiger partial charge in [0.05, 0.1) is 11.3 Å². The summed E-state index contributed by atoms with van der Waals surface area (Å²) in [6.07, 6.45) is 1.85. The van der Waals surface area contributed by atoms with Gasteiger partial charge in [-0.15, -0.1) is 0 Å². The lowest BCUT2D eigenvalue weighted by molar-refractivity contribution is 0.0697. The lowest BCUT2D eigenvalue weighted by atomic mass is 10.1. The second kappa shape index (κ2) is 6.30. The fourth-order valence-electron chi connectivity index (χ4n) is 2.01. The number of aryl methyl sites for hydroxylation is 1. The minimum absolute atomic E-state index is 0.225. The number of rotatable bonds is 5. The number of carboxylic acids is 1. The molecule has 2 rings (SSSR count). The van der Waals surface area contributed by atoms with Crippen molar-refractivity contribution in [2.24, 2.45) is 0 Å². The van der Waals surface area contributed by atoms with Crippen LogP contribution in [-0.4, -0.2) is 28.1 Å². The number of aromatic carboxylic acids is 1. The van der Waals surface area contributed by atoms with E-state index < -0.39 is 11.8 Å². The van der Waals surface area contributed by atoms with Gasteiger partial charge in [0, 0.05) is 13.6 Å². The molecule has 0 atom stereocenters. The van der Waals surface area contributed by atoms with E-state index in [0.717, 1.165) is 5.56 Å². The van der Waals surface area contributed by atoms with Crippen LogP contribution < -0.4 is 4.90 Å². The third kappa shape index (κ3) is 3.34.